The summed E-state index contributed by atoms with van der Waals surface area (Å²) in [7, 11) is -3.77. The summed E-state index contributed by atoms with van der Waals surface area (Å²) in [6, 6.07) is 2.03. The second-order valence-corrected chi connectivity index (χ2v) is 11.2. The normalized spacial score (nSPS) is 14.8. The molecule has 4 rings (SSSR count). The van der Waals surface area contributed by atoms with E-state index in [1.54, 1.807) is 13.1 Å². The second kappa shape index (κ2) is 12.1. The van der Waals surface area contributed by atoms with Gasteiger partial charge in [-0.05, 0) is 50.4 Å². The van der Waals surface area contributed by atoms with Crippen molar-refractivity contribution in [2.75, 3.05) is 53.4 Å². The predicted molar refractivity (Wildman–Crippen MR) is 145 cm³/mol. The molecule has 206 valence electrons. The smallest absolute Gasteiger partial charge is 0.232 e. The Bertz CT molecular complexity index is 1360. The third kappa shape index (κ3) is 6.44. The standard InChI is InChI=1S/C25H34F2N8O2S/c1-4-13-38(36,37)33-19-8-7-18(26)22(21(19)27)31-24-23-20(29-16-30-24)14-28-25(32-23)35-11-9-17(10-12-35)15-34(5-2)6-3/h7-8,14,16-17,33H,4-6,9-13,15H2,1-3H3,(H,29,30,31). The van der Waals surface area contributed by atoms with Crippen molar-refractivity contribution in [1.29, 1.82) is 0 Å². The van der Waals surface area contributed by atoms with Crippen molar-refractivity contribution in [2.24, 2.45) is 5.92 Å². The molecule has 1 aromatic carbocycles. The van der Waals surface area contributed by atoms with Gasteiger partial charge in [-0.2, -0.15) is 0 Å². The Morgan fingerprint density at radius 2 is 1.82 bits per heavy atom. The van der Waals surface area contributed by atoms with E-state index in [2.05, 4.69) is 53.6 Å². The Balaban J connectivity index is 1.57. The molecule has 0 aliphatic carbocycles. The maximum absolute atomic E-state index is 15.2. The summed E-state index contributed by atoms with van der Waals surface area (Å²) in [6.45, 7) is 10.8. The molecule has 3 aromatic rings. The fourth-order valence-electron chi connectivity index (χ4n) is 4.60. The summed E-state index contributed by atoms with van der Waals surface area (Å²) >= 11 is 0. The van der Waals surface area contributed by atoms with Crippen molar-refractivity contribution < 1.29 is 17.2 Å². The van der Waals surface area contributed by atoms with Gasteiger partial charge in [0.2, 0.25) is 16.0 Å². The topological polar surface area (TPSA) is 116 Å². The number of anilines is 4. The molecular weight excluding hydrogens is 514 g/mol. The van der Waals surface area contributed by atoms with E-state index in [0.717, 1.165) is 57.7 Å². The Labute approximate surface area is 221 Å². The van der Waals surface area contributed by atoms with Crippen LogP contribution >= 0.6 is 0 Å². The van der Waals surface area contributed by atoms with E-state index >= 15 is 4.39 Å². The van der Waals surface area contributed by atoms with Crippen LogP contribution < -0.4 is 14.9 Å². The average molecular weight is 549 g/mol. The number of hydrogen-bond acceptors (Lipinski definition) is 9. The third-order valence-electron chi connectivity index (χ3n) is 6.75. The number of piperidine rings is 1. The summed E-state index contributed by atoms with van der Waals surface area (Å²) in [5, 5.41) is 2.66. The molecule has 0 bridgehead atoms. The number of hydrogen-bond donors (Lipinski definition) is 2. The second-order valence-electron chi connectivity index (χ2n) is 9.37. The molecule has 3 heterocycles. The van der Waals surface area contributed by atoms with E-state index in [1.165, 1.54) is 6.33 Å². The third-order valence-corrected chi connectivity index (χ3v) is 8.22. The molecule has 0 saturated carbocycles. The number of nitrogens with zero attached hydrogens (tertiary/aromatic N) is 6. The van der Waals surface area contributed by atoms with Crippen LogP contribution in [0.3, 0.4) is 0 Å². The number of nitrogens with one attached hydrogen (secondary N) is 2. The van der Waals surface area contributed by atoms with Gasteiger partial charge in [0.25, 0.3) is 0 Å². The lowest BCUT2D eigenvalue weighted by Gasteiger charge is -2.34. The first-order chi connectivity index (χ1) is 18.2. The molecule has 13 heteroatoms. The quantitative estimate of drug-likeness (QED) is 0.364. The maximum atomic E-state index is 15.2. The largest absolute Gasteiger partial charge is 0.341 e. The van der Waals surface area contributed by atoms with Crippen LogP contribution in [0.1, 0.15) is 40.0 Å². The van der Waals surface area contributed by atoms with Crippen LogP contribution in [-0.2, 0) is 10.0 Å². The van der Waals surface area contributed by atoms with Crippen molar-refractivity contribution in [3.05, 3.63) is 36.3 Å². The summed E-state index contributed by atoms with van der Waals surface area (Å²) in [5.41, 5.74) is -0.190. The minimum atomic E-state index is -3.77. The van der Waals surface area contributed by atoms with Gasteiger partial charge in [0.05, 0.1) is 17.6 Å². The van der Waals surface area contributed by atoms with Crippen LogP contribution in [0.15, 0.2) is 24.7 Å². The van der Waals surface area contributed by atoms with E-state index in [9.17, 15) is 12.8 Å². The summed E-state index contributed by atoms with van der Waals surface area (Å²) in [4.78, 5) is 22.0. The summed E-state index contributed by atoms with van der Waals surface area (Å²) < 4.78 is 56.3. The van der Waals surface area contributed by atoms with Crippen molar-refractivity contribution >= 4 is 44.2 Å². The van der Waals surface area contributed by atoms with Crippen LogP contribution in [-0.4, -0.2) is 71.7 Å². The maximum Gasteiger partial charge on any atom is 0.232 e. The van der Waals surface area contributed by atoms with Crippen LogP contribution in [0.5, 0.6) is 0 Å². The molecule has 1 aliphatic rings. The lowest BCUT2D eigenvalue weighted by molar-refractivity contribution is 0.229. The Morgan fingerprint density at radius 1 is 1.08 bits per heavy atom. The minimum Gasteiger partial charge on any atom is -0.341 e. The van der Waals surface area contributed by atoms with Gasteiger partial charge in [-0.1, -0.05) is 20.8 Å². The fraction of sp³-hybridized carbons (Fsp3) is 0.520. The average Bonchev–Trinajstić information content (AvgIpc) is 2.91. The molecule has 2 aromatic heterocycles. The van der Waals surface area contributed by atoms with Crippen molar-refractivity contribution in [2.45, 2.75) is 40.0 Å². The van der Waals surface area contributed by atoms with Gasteiger partial charge in [0, 0.05) is 19.6 Å². The molecule has 0 unspecified atom stereocenters. The van der Waals surface area contributed by atoms with E-state index in [-0.39, 0.29) is 17.3 Å². The number of sulfonamides is 1. The molecule has 0 spiro atoms. The van der Waals surface area contributed by atoms with Gasteiger partial charge in [0.1, 0.15) is 28.9 Å². The fourth-order valence-corrected chi connectivity index (χ4v) is 5.74. The SMILES string of the molecule is CCCS(=O)(=O)Nc1ccc(F)c(Nc2ncnc3cnc(N4CCC(CN(CC)CC)CC4)nc23)c1F. The minimum absolute atomic E-state index is 0.0847. The van der Waals surface area contributed by atoms with Gasteiger partial charge < -0.3 is 15.1 Å². The van der Waals surface area contributed by atoms with Gasteiger partial charge in [-0.15, -0.1) is 0 Å². The van der Waals surface area contributed by atoms with Gasteiger partial charge in [0.15, 0.2) is 11.6 Å². The van der Waals surface area contributed by atoms with Gasteiger partial charge >= 0.3 is 0 Å². The number of rotatable bonds is 11. The zero-order chi connectivity index (χ0) is 27.3. The highest BCUT2D eigenvalue weighted by molar-refractivity contribution is 7.92. The number of halogens is 2. The number of benzene rings is 1. The van der Waals surface area contributed by atoms with Crippen LogP contribution in [0.25, 0.3) is 11.0 Å². The van der Waals surface area contributed by atoms with E-state index < -0.39 is 27.3 Å². The molecule has 0 amide bonds. The van der Waals surface area contributed by atoms with Crippen molar-refractivity contribution in [3.63, 3.8) is 0 Å². The Kier molecular flexibility index (Phi) is 8.87. The highest BCUT2D eigenvalue weighted by Gasteiger charge is 2.24. The first-order valence-electron chi connectivity index (χ1n) is 12.9. The van der Waals surface area contributed by atoms with Gasteiger partial charge in [-0.25, -0.2) is 37.1 Å². The molecule has 0 atom stereocenters. The number of aromatic nitrogens is 4. The monoisotopic (exact) mass is 548 g/mol. The first kappa shape index (κ1) is 27.8. The lowest BCUT2D eigenvalue weighted by atomic mass is 9.96. The lowest BCUT2D eigenvalue weighted by Crippen LogP contribution is -2.39. The van der Waals surface area contributed by atoms with Crippen molar-refractivity contribution in [3.8, 4) is 0 Å². The summed E-state index contributed by atoms with van der Waals surface area (Å²) in [5.74, 6) is -0.978. The van der Waals surface area contributed by atoms with E-state index in [0.29, 0.717) is 29.3 Å². The Hall–Kier alpha value is -3.19. The predicted octanol–water partition coefficient (Wildman–Crippen LogP) is 4.15. The number of fused-ring (bicyclic) bond motifs is 1. The highest BCUT2D eigenvalue weighted by atomic mass is 32.2. The molecule has 10 nitrogen and oxygen atoms in total. The summed E-state index contributed by atoms with van der Waals surface area (Å²) in [6.07, 6.45) is 5.20. The molecule has 0 radical (unpaired) electrons. The Morgan fingerprint density at radius 3 is 2.50 bits per heavy atom. The van der Waals surface area contributed by atoms with E-state index in [1.807, 2.05) is 0 Å². The molecule has 1 saturated heterocycles. The van der Waals surface area contributed by atoms with E-state index in [4.69, 9.17) is 0 Å². The molecule has 1 fully saturated rings. The first-order valence-corrected chi connectivity index (χ1v) is 14.6. The molecule has 1 aliphatic heterocycles. The van der Waals surface area contributed by atoms with Crippen LogP contribution in [0.4, 0.5) is 31.9 Å². The molecule has 2 N–H and O–H groups in total. The van der Waals surface area contributed by atoms with Crippen LogP contribution in [0.2, 0.25) is 0 Å². The molecular formula is C25H34F2N8O2S. The highest BCUT2D eigenvalue weighted by Crippen LogP contribution is 2.31. The van der Waals surface area contributed by atoms with Crippen LogP contribution in [0, 0.1) is 17.6 Å². The zero-order valence-corrected chi connectivity index (χ0v) is 22.7. The molecule has 38 heavy (non-hydrogen) atoms. The van der Waals surface area contributed by atoms with Gasteiger partial charge in [-0.3, -0.25) is 4.72 Å². The zero-order valence-electron chi connectivity index (χ0n) is 21.9. The van der Waals surface area contributed by atoms with Crippen molar-refractivity contribution in [1.82, 2.24) is 24.8 Å².